The van der Waals surface area contributed by atoms with E-state index in [0.717, 1.165) is 25.7 Å². The Kier molecular flexibility index (Phi) is 3.89. The highest BCUT2D eigenvalue weighted by atomic mass is 35.5. The summed E-state index contributed by atoms with van der Waals surface area (Å²) < 4.78 is 5.64. The molecule has 0 N–H and O–H groups in total. The average molecular weight is 286 g/mol. The molecule has 0 unspecified atom stereocenters. The molecule has 0 aliphatic heterocycles. The fourth-order valence-electron chi connectivity index (χ4n) is 2.23. The quantitative estimate of drug-likeness (QED) is 0.483. The number of rotatable bonds is 3. The second-order valence-corrected chi connectivity index (χ2v) is 5.91. The van der Waals surface area contributed by atoms with Gasteiger partial charge in [0.25, 0.3) is 5.88 Å². The Bertz CT molecular complexity index is 483. The van der Waals surface area contributed by atoms with Crippen molar-refractivity contribution < 1.29 is 9.66 Å². The van der Waals surface area contributed by atoms with Crippen molar-refractivity contribution >= 4 is 17.3 Å². The lowest BCUT2D eigenvalue weighted by Gasteiger charge is -2.33. The van der Waals surface area contributed by atoms with Crippen molar-refractivity contribution in [2.45, 2.75) is 45.6 Å². The first kappa shape index (κ1) is 14.0. The van der Waals surface area contributed by atoms with Crippen LogP contribution in [0, 0.1) is 15.5 Å². The predicted molar refractivity (Wildman–Crippen MR) is 70.4 cm³/mol. The largest absolute Gasteiger partial charge is 0.469 e. The third-order valence-electron chi connectivity index (χ3n) is 3.49. The molecule has 0 atom stereocenters. The Morgan fingerprint density at radius 3 is 2.63 bits per heavy atom. The van der Waals surface area contributed by atoms with Crippen LogP contribution in [-0.2, 0) is 0 Å². The smallest absolute Gasteiger partial charge is 0.367 e. The maximum atomic E-state index is 10.9. The molecule has 2 rings (SSSR count). The van der Waals surface area contributed by atoms with Gasteiger partial charge in [-0.3, -0.25) is 10.1 Å². The molecule has 0 saturated heterocycles. The summed E-state index contributed by atoms with van der Waals surface area (Å²) in [6, 6.07) is 0. The van der Waals surface area contributed by atoms with Crippen LogP contribution in [0.1, 0.15) is 39.5 Å². The fourth-order valence-corrected chi connectivity index (χ4v) is 2.42. The number of aromatic nitrogens is 2. The number of hydrogen-bond donors (Lipinski definition) is 0. The predicted octanol–water partition coefficient (Wildman–Crippen LogP) is 3.39. The van der Waals surface area contributed by atoms with E-state index < -0.39 is 4.92 Å². The van der Waals surface area contributed by atoms with Crippen LogP contribution in [0.3, 0.4) is 0 Å². The van der Waals surface area contributed by atoms with Gasteiger partial charge in [-0.1, -0.05) is 25.4 Å². The van der Waals surface area contributed by atoms with Crippen LogP contribution in [0.4, 0.5) is 5.69 Å². The van der Waals surface area contributed by atoms with Crippen LogP contribution in [0.25, 0.3) is 0 Å². The summed E-state index contributed by atoms with van der Waals surface area (Å²) in [7, 11) is 0. The van der Waals surface area contributed by atoms with Gasteiger partial charge in [0.15, 0.2) is 0 Å². The van der Waals surface area contributed by atoms with Crippen molar-refractivity contribution in [1.29, 1.82) is 0 Å². The zero-order valence-corrected chi connectivity index (χ0v) is 11.7. The van der Waals surface area contributed by atoms with Crippen LogP contribution in [0.5, 0.6) is 5.88 Å². The van der Waals surface area contributed by atoms with Crippen molar-refractivity contribution in [2.75, 3.05) is 0 Å². The van der Waals surface area contributed by atoms with Crippen molar-refractivity contribution in [1.82, 2.24) is 9.97 Å². The molecule has 1 aliphatic rings. The highest BCUT2D eigenvalue weighted by Crippen LogP contribution is 2.38. The van der Waals surface area contributed by atoms with Crippen LogP contribution in [0.15, 0.2) is 6.33 Å². The second-order valence-electron chi connectivity index (χ2n) is 5.56. The fraction of sp³-hybridized carbons (Fsp3) is 0.667. The summed E-state index contributed by atoms with van der Waals surface area (Å²) in [4.78, 5) is 17.8. The molecule has 1 aromatic heterocycles. The molecule has 7 heteroatoms. The zero-order chi connectivity index (χ0) is 14.0. The molecule has 0 bridgehead atoms. The minimum Gasteiger partial charge on any atom is -0.469 e. The SMILES string of the molecule is CC1(C)CCC(Oc2ncnc(Cl)c2[N+](=O)[O-])CC1. The monoisotopic (exact) mass is 285 g/mol. The summed E-state index contributed by atoms with van der Waals surface area (Å²) in [5.41, 5.74) is -0.0382. The maximum absolute atomic E-state index is 10.9. The van der Waals surface area contributed by atoms with Crippen molar-refractivity contribution in [3.63, 3.8) is 0 Å². The van der Waals surface area contributed by atoms with E-state index in [1.807, 2.05) is 0 Å². The highest BCUT2D eigenvalue weighted by molar-refractivity contribution is 6.31. The van der Waals surface area contributed by atoms with E-state index in [0.29, 0.717) is 5.41 Å². The van der Waals surface area contributed by atoms with E-state index in [1.54, 1.807) is 0 Å². The first-order chi connectivity index (χ1) is 8.89. The number of nitrogens with zero attached hydrogens (tertiary/aromatic N) is 3. The van der Waals surface area contributed by atoms with Gasteiger partial charge in [0, 0.05) is 0 Å². The molecular weight excluding hydrogens is 270 g/mol. The van der Waals surface area contributed by atoms with E-state index >= 15 is 0 Å². The Morgan fingerprint density at radius 1 is 1.42 bits per heavy atom. The van der Waals surface area contributed by atoms with Crippen molar-refractivity contribution in [2.24, 2.45) is 5.41 Å². The Hall–Kier alpha value is -1.43. The van der Waals surface area contributed by atoms with Gasteiger partial charge < -0.3 is 4.74 Å². The van der Waals surface area contributed by atoms with Gasteiger partial charge in [0.05, 0.1) is 4.92 Å². The lowest BCUT2D eigenvalue weighted by Crippen LogP contribution is -2.28. The Balaban J connectivity index is 2.12. The van der Waals surface area contributed by atoms with Gasteiger partial charge in [-0.15, -0.1) is 0 Å². The van der Waals surface area contributed by atoms with Crippen molar-refractivity contribution in [3.8, 4) is 5.88 Å². The number of ether oxygens (including phenoxy) is 1. The molecule has 6 nitrogen and oxygen atoms in total. The zero-order valence-electron chi connectivity index (χ0n) is 10.9. The molecule has 0 amide bonds. The summed E-state index contributed by atoms with van der Waals surface area (Å²) in [5.74, 6) is -0.0327. The molecule has 1 saturated carbocycles. The summed E-state index contributed by atoms with van der Waals surface area (Å²) in [6.45, 7) is 4.43. The van der Waals surface area contributed by atoms with E-state index in [-0.39, 0.29) is 22.8 Å². The highest BCUT2D eigenvalue weighted by Gasteiger charge is 2.31. The molecule has 1 aliphatic carbocycles. The van der Waals surface area contributed by atoms with Gasteiger partial charge in [0.1, 0.15) is 12.4 Å². The molecule has 104 valence electrons. The molecule has 0 spiro atoms. The van der Waals surface area contributed by atoms with Gasteiger partial charge in [-0.05, 0) is 31.1 Å². The molecule has 0 aromatic carbocycles. The molecule has 1 fully saturated rings. The van der Waals surface area contributed by atoms with Gasteiger partial charge in [-0.2, -0.15) is 4.98 Å². The van der Waals surface area contributed by atoms with Crippen LogP contribution in [0.2, 0.25) is 5.15 Å². The lowest BCUT2D eigenvalue weighted by atomic mass is 9.76. The topological polar surface area (TPSA) is 78.2 Å². The van der Waals surface area contributed by atoms with Gasteiger partial charge >= 0.3 is 5.69 Å². The van der Waals surface area contributed by atoms with Crippen LogP contribution < -0.4 is 4.74 Å². The third kappa shape index (κ3) is 3.32. The Labute approximate surface area is 116 Å². The molecule has 0 radical (unpaired) electrons. The first-order valence-corrected chi connectivity index (χ1v) is 6.58. The van der Waals surface area contributed by atoms with Crippen LogP contribution >= 0.6 is 11.6 Å². The lowest BCUT2D eigenvalue weighted by molar-refractivity contribution is -0.386. The van der Waals surface area contributed by atoms with Crippen LogP contribution in [-0.4, -0.2) is 21.0 Å². The second kappa shape index (κ2) is 5.28. The molecule has 19 heavy (non-hydrogen) atoms. The summed E-state index contributed by atoms with van der Waals surface area (Å²) in [5, 5.41) is 10.8. The number of nitro groups is 1. The van der Waals surface area contributed by atoms with E-state index in [2.05, 4.69) is 23.8 Å². The Morgan fingerprint density at radius 2 is 2.05 bits per heavy atom. The maximum Gasteiger partial charge on any atom is 0.367 e. The summed E-state index contributed by atoms with van der Waals surface area (Å²) in [6.07, 6.45) is 4.93. The normalized spacial score (nSPS) is 19.1. The average Bonchev–Trinajstić information content (AvgIpc) is 2.31. The van der Waals surface area contributed by atoms with E-state index in [9.17, 15) is 10.1 Å². The first-order valence-electron chi connectivity index (χ1n) is 6.20. The van der Waals surface area contributed by atoms with Gasteiger partial charge in [0.2, 0.25) is 5.15 Å². The standard InChI is InChI=1S/C12H16ClN3O3/c1-12(2)5-3-8(4-6-12)19-11-9(16(17)18)10(13)14-7-15-11/h7-8H,3-6H2,1-2H3. The number of halogens is 1. The minimum absolute atomic E-state index is 0.0327. The van der Waals surface area contributed by atoms with Crippen molar-refractivity contribution in [3.05, 3.63) is 21.6 Å². The van der Waals surface area contributed by atoms with E-state index in [1.165, 1.54) is 6.33 Å². The van der Waals surface area contributed by atoms with Gasteiger partial charge in [-0.25, -0.2) is 4.98 Å². The minimum atomic E-state index is -0.607. The van der Waals surface area contributed by atoms with E-state index in [4.69, 9.17) is 16.3 Å². The summed E-state index contributed by atoms with van der Waals surface area (Å²) >= 11 is 5.71. The molecule has 1 aromatic rings. The molecular formula is C12H16ClN3O3. The number of hydrogen-bond acceptors (Lipinski definition) is 5. The third-order valence-corrected chi connectivity index (χ3v) is 3.77. The molecule has 1 heterocycles.